The third kappa shape index (κ3) is 1.55. The summed E-state index contributed by atoms with van der Waals surface area (Å²) in [6, 6.07) is 0.168. The maximum atomic E-state index is 11.4. The Labute approximate surface area is 79.4 Å². The summed E-state index contributed by atoms with van der Waals surface area (Å²) in [6.07, 6.45) is 0.633. The van der Waals surface area contributed by atoms with E-state index in [4.69, 9.17) is 4.74 Å². The summed E-state index contributed by atoms with van der Waals surface area (Å²) in [5.41, 5.74) is 0.215. The topological polar surface area (TPSA) is 29.5 Å². The van der Waals surface area contributed by atoms with Gasteiger partial charge in [-0.1, -0.05) is 13.5 Å². The van der Waals surface area contributed by atoms with E-state index >= 15 is 0 Å². The van der Waals surface area contributed by atoms with E-state index in [9.17, 15) is 4.79 Å². The number of hydrogen-bond acceptors (Lipinski definition) is 2. The van der Waals surface area contributed by atoms with Crippen molar-refractivity contribution < 1.29 is 9.53 Å². The van der Waals surface area contributed by atoms with Crippen LogP contribution in [-0.4, -0.2) is 22.6 Å². The number of ether oxygens (including phenoxy) is 1. The molecule has 0 N–H and O–H groups in total. The summed E-state index contributed by atoms with van der Waals surface area (Å²) in [4.78, 5) is 13.1. The number of carbonyl (C=O) groups excluding carboxylic acids is 1. The van der Waals surface area contributed by atoms with Crippen LogP contribution < -0.4 is 0 Å². The van der Waals surface area contributed by atoms with Crippen LogP contribution in [0.1, 0.15) is 34.1 Å². The summed E-state index contributed by atoms with van der Waals surface area (Å²) in [6.45, 7) is 11.6. The average Bonchev–Trinajstić information content (AvgIpc) is 2.21. The maximum absolute atomic E-state index is 11.4. The molecule has 1 saturated heterocycles. The predicted molar refractivity (Wildman–Crippen MR) is 51.3 cm³/mol. The standard InChI is InChI=1S/C10H17NO2/c1-6-7(2)11-8(3)10(4,5)13-9(11)12/h7H,3,6H2,1-2,4-5H3. The van der Waals surface area contributed by atoms with Gasteiger partial charge in [0.25, 0.3) is 0 Å². The zero-order chi connectivity index (χ0) is 10.2. The van der Waals surface area contributed by atoms with E-state index in [1.807, 2.05) is 27.7 Å². The van der Waals surface area contributed by atoms with Crippen LogP contribution >= 0.6 is 0 Å². The number of nitrogens with zero attached hydrogens (tertiary/aromatic N) is 1. The Bertz CT molecular complexity index is 245. The first-order valence-electron chi connectivity index (χ1n) is 4.61. The lowest BCUT2D eigenvalue weighted by Gasteiger charge is -2.23. The second kappa shape index (κ2) is 3.05. The molecule has 1 aliphatic rings. The fourth-order valence-corrected chi connectivity index (χ4v) is 1.36. The molecule has 3 nitrogen and oxygen atoms in total. The molecule has 3 heteroatoms. The van der Waals surface area contributed by atoms with Gasteiger partial charge in [0.2, 0.25) is 0 Å². The van der Waals surface area contributed by atoms with Gasteiger partial charge in [0, 0.05) is 6.04 Å². The van der Waals surface area contributed by atoms with Crippen LogP contribution in [0.2, 0.25) is 0 Å². The van der Waals surface area contributed by atoms with Gasteiger partial charge in [0.15, 0.2) is 0 Å². The first-order valence-corrected chi connectivity index (χ1v) is 4.61. The van der Waals surface area contributed by atoms with Crippen molar-refractivity contribution in [3.63, 3.8) is 0 Å². The van der Waals surface area contributed by atoms with E-state index in [0.717, 1.165) is 12.1 Å². The minimum absolute atomic E-state index is 0.168. The number of hydrogen-bond donors (Lipinski definition) is 0. The van der Waals surface area contributed by atoms with Gasteiger partial charge >= 0.3 is 6.09 Å². The second-order valence-corrected chi connectivity index (χ2v) is 3.95. The van der Waals surface area contributed by atoms with Gasteiger partial charge in [-0.05, 0) is 27.2 Å². The van der Waals surface area contributed by atoms with Crippen LogP contribution in [0, 0.1) is 0 Å². The van der Waals surface area contributed by atoms with E-state index in [1.54, 1.807) is 4.90 Å². The fraction of sp³-hybridized carbons (Fsp3) is 0.700. The van der Waals surface area contributed by atoms with Gasteiger partial charge in [-0.3, -0.25) is 4.90 Å². The highest BCUT2D eigenvalue weighted by molar-refractivity contribution is 5.75. The summed E-state index contributed by atoms with van der Waals surface area (Å²) in [5, 5.41) is 0. The number of cyclic esters (lactones) is 1. The zero-order valence-electron chi connectivity index (χ0n) is 8.76. The van der Waals surface area contributed by atoms with Gasteiger partial charge in [-0.2, -0.15) is 0 Å². The number of carbonyl (C=O) groups is 1. The quantitative estimate of drug-likeness (QED) is 0.658. The molecule has 13 heavy (non-hydrogen) atoms. The molecule has 1 rings (SSSR count). The van der Waals surface area contributed by atoms with E-state index in [-0.39, 0.29) is 12.1 Å². The molecule has 0 saturated carbocycles. The normalized spacial score (nSPS) is 23.2. The molecule has 0 spiro atoms. The van der Waals surface area contributed by atoms with Gasteiger partial charge in [0.1, 0.15) is 5.60 Å². The van der Waals surface area contributed by atoms with E-state index < -0.39 is 5.60 Å². The highest BCUT2D eigenvalue weighted by Gasteiger charge is 2.43. The summed E-state index contributed by atoms with van der Waals surface area (Å²) < 4.78 is 5.18. The second-order valence-electron chi connectivity index (χ2n) is 3.95. The Morgan fingerprint density at radius 3 is 2.46 bits per heavy atom. The lowest BCUT2D eigenvalue weighted by Crippen LogP contribution is -2.32. The summed E-state index contributed by atoms with van der Waals surface area (Å²) in [7, 11) is 0. The molecule has 0 aromatic carbocycles. The zero-order valence-corrected chi connectivity index (χ0v) is 8.76. The lowest BCUT2D eigenvalue weighted by molar-refractivity contribution is 0.0918. The summed E-state index contributed by atoms with van der Waals surface area (Å²) in [5.74, 6) is 0. The maximum Gasteiger partial charge on any atom is 0.415 e. The smallest absolute Gasteiger partial charge is 0.415 e. The molecule has 0 aromatic heterocycles. The molecule has 1 unspecified atom stereocenters. The average molecular weight is 183 g/mol. The van der Waals surface area contributed by atoms with E-state index in [0.29, 0.717) is 0 Å². The van der Waals surface area contributed by atoms with Crippen molar-refractivity contribution in [1.82, 2.24) is 4.90 Å². The Hall–Kier alpha value is -0.990. The molecule has 0 aliphatic carbocycles. The van der Waals surface area contributed by atoms with Gasteiger partial charge in [-0.15, -0.1) is 0 Å². The summed E-state index contributed by atoms with van der Waals surface area (Å²) >= 11 is 0. The van der Waals surface area contributed by atoms with Crippen LogP contribution in [0.25, 0.3) is 0 Å². The molecule has 1 aliphatic heterocycles. The fourth-order valence-electron chi connectivity index (χ4n) is 1.36. The first-order chi connectivity index (χ1) is 5.90. The van der Waals surface area contributed by atoms with Crippen LogP contribution in [0.4, 0.5) is 4.79 Å². The Kier molecular flexibility index (Phi) is 2.37. The Morgan fingerprint density at radius 1 is 1.62 bits per heavy atom. The van der Waals surface area contributed by atoms with Gasteiger partial charge in [0.05, 0.1) is 5.70 Å². The Balaban J connectivity index is 2.89. The van der Waals surface area contributed by atoms with Crippen LogP contribution in [0.5, 0.6) is 0 Å². The Morgan fingerprint density at radius 2 is 2.15 bits per heavy atom. The lowest BCUT2D eigenvalue weighted by atomic mass is 10.1. The van der Waals surface area contributed by atoms with Crippen molar-refractivity contribution in [2.75, 3.05) is 0 Å². The molecule has 1 atom stereocenters. The molecule has 0 radical (unpaired) electrons. The highest BCUT2D eigenvalue weighted by atomic mass is 16.6. The van der Waals surface area contributed by atoms with Crippen molar-refractivity contribution in [3.8, 4) is 0 Å². The SMILES string of the molecule is C=C1N(C(C)CC)C(=O)OC1(C)C. The monoisotopic (exact) mass is 183 g/mol. The highest BCUT2D eigenvalue weighted by Crippen LogP contribution is 2.33. The third-order valence-electron chi connectivity index (χ3n) is 2.56. The number of amides is 1. The van der Waals surface area contributed by atoms with E-state index in [2.05, 4.69) is 6.58 Å². The predicted octanol–water partition coefficient (Wildman–Crippen LogP) is 2.53. The largest absolute Gasteiger partial charge is 0.437 e. The minimum atomic E-state index is -0.541. The third-order valence-corrected chi connectivity index (χ3v) is 2.56. The van der Waals surface area contributed by atoms with Crippen LogP contribution in [-0.2, 0) is 4.74 Å². The molecular weight excluding hydrogens is 166 g/mol. The van der Waals surface area contributed by atoms with Crippen LogP contribution in [0.3, 0.4) is 0 Å². The van der Waals surface area contributed by atoms with Crippen molar-refractivity contribution in [1.29, 1.82) is 0 Å². The molecule has 1 amide bonds. The molecule has 74 valence electrons. The van der Waals surface area contributed by atoms with Crippen LogP contribution in [0.15, 0.2) is 12.3 Å². The van der Waals surface area contributed by atoms with Gasteiger partial charge in [-0.25, -0.2) is 4.79 Å². The molecule has 1 fully saturated rings. The van der Waals surface area contributed by atoms with Crippen molar-refractivity contribution in [2.45, 2.75) is 45.8 Å². The molecule has 0 aromatic rings. The minimum Gasteiger partial charge on any atom is -0.437 e. The molecule has 0 bridgehead atoms. The molecular formula is C10H17NO2. The van der Waals surface area contributed by atoms with Crippen molar-refractivity contribution in [3.05, 3.63) is 12.3 Å². The van der Waals surface area contributed by atoms with E-state index in [1.165, 1.54) is 0 Å². The van der Waals surface area contributed by atoms with Crippen molar-refractivity contribution >= 4 is 6.09 Å². The number of rotatable bonds is 2. The van der Waals surface area contributed by atoms with Gasteiger partial charge < -0.3 is 4.74 Å². The van der Waals surface area contributed by atoms with Crippen molar-refractivity contribution in [2.24, 2.45) is 0 Å². The molecule has 1 heterocycles. The first kappa shape index (κ1) is 10.1.